The van der Waals surface area contributed by atoms with E-state index in [2.05, 4.69) is 5.32 Å². The SMILES string of the molecule is CC(C)(C)OC(=O)N[C@@]1(C(=O)OCOC(=O)OC2CCCCC2)CC[C@H]2[C@H](C(=O)O)[C@H]21. The zero-order chi connectivity index (χ0) is 22.8. The molecular weight excluding hydrogens is 410 g/mol. The highest BCUT2D eigenvalue weighted by atomic mass is 16.8. The molecule has 0 bridgehead atoms. The van der Waals surface area contributed by atoms with E-state index in [0.717, 1.165) is 32.1 Å². The van der Waals surface area contributed by atoms with E-state index >= 15 is 0 Å². The first-order valence-electron chi connectivity index (χ1n) is 10.8. The summed E-state index contributed by atoms with van der Waals surface area (Å²) in [6.07, 6.45) is 3.35. The predicted octanol–water partition coefficient (Wildman–Crippen LogP) is 2.98. The van der Waals surface area contributed by atoms with Gasteiger partial charge in [0.1, 0.15) is 17.2 Å². The lowest BCUT2D eigenvalue weighted by molar-refractivity contribution is -0.163. The Bertz CT molecular complexity index is 725. The summed E-state index contributed by atoms with van der Waals surface area (Å²) in [5.41, 5.74) is -2.33. The molecule has 10 nitrogen and oxygen atoms in total. The number of amides is 1. The van der Waals surface area contributed by atoms with Crippen LogP contribution in [0.5, 0.6) is 0 Å². The maximum absolute atomic E-state index is 12.9. The van der Waals surface area contributed by atoms with E-state index in [-0.39, 0.29) is 18.4 Å². The Morgan fingerprint density at radius 3 is 2.29 bits per heavy atom. The van der Waals surface area contributed by atoms with Crippen molar-refractivity contribution in [1.82, 2.24) is 5.32 Å². The second kappa shape index (κ2) is 8.92. The predicted molar refractivity (Wildman–Crippen MR) is 105 cm³/mol. The number of rotatable bonds is 6. The second-order valence-electron chi connectivity index (χ2n) is 9.51. The average Bonchev–Trinajstić information content (AvgIpc) is 3.29. The molecule has 2 N–H and O–H groups in total. The first-order chi connectivity index (χ1) is 14.5. The molecule has 174 valence electrons. The van der Waals surface area contributed by atoms with Crippen LogP contribution in [0.2, 0.25) is 0 Å². The summed E-state index contributed by atoms with van der Waals surface area (Å²) in [6, 6.07) is 0. The van der Waals surface area contributed by atoms with E-state index in [1.54, 1.807) is 20.8 Å². The van der Waals surface area contributed by atoms with Gasteiger partial charge in [0.25, 0.3) is 0 Å². The first kappa shape index (κ1) is 23.1. The Balaban J connectivity index is 1.58. The minimum atomic E-state index is -1.54. The molecule has 0 saturated heterocycles. The van der Waals surface area contributed by atoms with Gasteiger partial charge < -0.3 is 29.4 Å². The maximum atomic E-state index is 12.9. The third-order valence-corrected chi connectivity index (χ3v) is 6.16. The minimum Gasteiger partial charge on any atom is -0.481 e. The summed E-state index contributed by atoms with van der Waals surface area (Å²) in [7, 11) is 0. The van der Waals surface area contributed by atoms with E-state index in [1.807, 2.05) is 0 Å². The zero-order valence-corrected chi connectivity index (χ0v) is 18.2. The maximum Gasteiger partial charge on any atom is 0.511 e. The summed E-state index contributed by atoms with van der Waals surface area (Å²) in [5.74, 6) is -3.44. The third-order valence-electron chi connectivity index (χ3n) is 6.16. The lowest BCUT2D eigenvalue weighted by atomic mass is 9.90. The number of ether oxygens (including phenoxy) is 4. The largest absolute Gasteiger partial charge is 0.511 e. The van der Waals surface area contributed by atoms with Crippen molar-refractivity contribution in [2.45, 2.75) is 83.0 Å². The fraction of sp³-hybridized carbons (Fsp3) is 0.810. The lowest BCUT2D eigenvalue weighted by Gasteiger charge is -2.31. The fourth-order valence-electron chi connectivity index (χ4n) is 4.84. The molecule has 0 heterocycles. The molecule has 0 aliphatic heterocycles. The Morgan fingerprint density at radius 1 is 1.03 bits per heavy atom. The highest BCUT2D eigenvalue weighted by Crippen LogP contribution is 2.62. The van der Waals surface area contributed by atoms with E-state index in [1.165, 1.54) is 0 Å². The van der Waals surface area contributed by atoms with Crippen LogP contribution >= 0.6 is 0 Å². The second-order valence-corrected chi connectivity index (χ2v) is 9.51. The van der Waals surface area contributed by atoms with Crippen LogP contribution in [0, 0.1) is 17.8 Å². The molecule has 4 atom stereocenters. The van der Waals surface area contributed by atoms with Crippen molar-refractivity contribution in [3.05, 3.63) is 0 Å². The van der Waals surface area contributed by atoms with Gasteiger partial charge in [-0.05, 0) is 65.2 Å². The number of hydrogen-bond acceptors (Lipinski definition) is 8. The van der Waals surface area contributed by atoms with Gasteiger partial charge in [-0.1, -0.05) is 6.42 Å². The van der Waals surface area contributed by atoms with E-state index in [4.69, 9.17) is 18.9 Å². The molecule has 0 radical (unpaired) electrons. The highest BCUT2D eigenvalue weighted by Gasteiger charge is 2.72. The summed E-state index contributed by atoms with van der Waals surface area (Å²) in [6.45, 7) is 4.35. The topological polar surface area (TPSA) is 137 Å². The third kappa shape index (κ3) is 5.40. The van der Waals surface area contributed by atoms with Crippen LogP contribution in [0.4, 0.5) is 9.59 Å². The van der Waals surface area contributed by atoms with Gasteiger partial charge in [-0.2, -0.15) is 0 Å². The molecule has 3 aliphatic carbocycles. The van der Waals surface area contributed by atoms with Crippen molar-refractivity contribution < 1.29 is 43.2 Å². The molecule has 1 amide bonds. The quantitative estimate of drug-likeness (QED) is 0.362. The molecule has 10 heteroatoms. The number of carbonyl (C=O) groups is 4. The van der Waals surface area contributed by atoms with E-state index < -0.39 is 54.0 Å². The number of nitrogens with one attached hydrogen (secondary N) is 1. The molecule has 0 aromatic rings. The highest BCUT2D eigenvalue weighted by molar-refractivity contribution is 5.90. The Kier molecular flexibility index (Phi) is 6.66. The Morgan fingerprint density at radius 2 is 1.71 bits per heavy atom. The van der Waals surface area contributed by atoms with Crippen molar-refractivity contribution in [1.29, 1.82) is 0 Å². The van der Waals surface area contributed by atoms with Crippen molar-refractivity contribution in [3.8, 4) is 0 Å². The monoisotopic (exact) mass is 441 g/mol. The molecule has 0 spiro atoms. The molecule has 0 unspecified atom stereocenters. The van der Waals surface area contributed by atoms with Gasteiger partial charge >= 0.3 is 24.2 Å². The number of carbonyl (C=O) groups excluding carboxylic acids is 3. The average molecular weight is 441 g/mol. The van der Waals surface area contributed by atoms with Crippen LogP contribution in [0.1, 0.15) is 65.7 Å². The standard InChI is InChI=1S/C21H31NO9/c1-20(2,3)31-18(26)22-21(10-9-13-14(15(13)21)16(23)24)17(25)28-11-29-19(27)30-12-7-5-4-6-8-12/h12-15H,4-11H2,1-3H3,(H,22,26)(H,23,24)/t13-,14-,15-,21-/m0/s1. The van der Waals surface area contributed by atoms with Crippen LogP contribution in [0.15, 0.2) is 0 Å². The molecule has 3 saturated carbocycles. The van der Waals surface area contributed by atoms with Crippen molar-refractivity contribution in [3.63, 3.8) is 0 Å². The lowest BCUT2D eigenvalue weighted by Crippen LogP contribution is -2.57. The summed E-state index contributed by atoms with van der Waals surface area (Å²) in [4.78, 5) is 48.7. The number of fused-ring (bicyclic) bond motifs is 1. The van der Waals surface area contributed by atoms with E-state index in [0.29, 0.717) is 6.42 Å². The first-order valence-corrected chi connectivity index (χ1v) is 10.8. The summed E-state index contributed by atoms with van der Waals surface area (Å²) < 4.78 is 20.4. The number of esters is 1. The number of carboxylic acids is 1. The van der Waals surface area contributed by atoms with Gasteiger partial charge in [0.15, 0.2) is 0 Å². The molecule has 3 rings (SSSR count). The van der Waals surface area contributed by atoms with Crippen LogP contribution < -0.4 is 5.32 Å². The van der Waals surface area contributed by atoms with Crippen molar-refractivity contribution >= 4 is 24.2 Å². The smallest absolute Gasteiger partial charge is 0.481 e. The Labute approximate surface area is 180 Å². The van der Waals surface area contributed by atoms with Gasteiger partial charge in [-0.3, -0.25) is 4.79 Å². The number of alkyl carbamates (subject to hydrolysis) is 1. The van der Waals surface area contributed by atoms with Crippen LogP contribution in [0.3, 0.4) is 0 Å². The van der Waals surface area contributed by atoms with Crippen molar-refractivity contribution in [2.75, 3.05) is 6.79 Å². The molecule has 31 heavy (non-hydrogen) atoms. The van der Waals surface area contributed by atoms with Gasteiger partial charge in [0, 0.05) is 5.92 Å². The van der Waals surface area contributed by atoms with Gasteiger partial charge in [-0.15, -0.1) is 0 Å². The van der Waals surface area contributed by atoms with Gasteiger partial charge in [-0.25, -0.2) is 14.4 Å². The number of carboxylic acid groups (broad SMARTS) is 1. The van der Waals surface area contributed by atoms with Crippen LogP contribution in [0.25, 0.3) is 0 Å². The Hall–Kier alpha value is -2.52. The minimum absolute atomic E-state index is 0.199. The van der Waals surface area contributed by atoms with E-state index in [9.17, 15) is 24.3 Å². The molecule has 3 aliphatic rings. The molecular formula is C21H31NO9. The summed E-state index contributed by atoms with van der Waals surface area (Å²) >= 11 is 0. The van der Waals surface area contributed by atoms with Crippen molar-refractivity contribution in [2.24, 2.45) is 17.8 Å². The molecule has 0 aromatic carbocycles. The normalized spacial score (nSPS) is 30.0. The summed E-state index contributed by atoms with van der Waals surface area (Å²) in [5, 5.41) is 12.0. The number of aliphatic carboxylic acids is 1. The van der Waals surface area contributed by atoms with Crippen LogP contribution in [-0.2, 0) is 28.5 Å². The van der Waals surface area contributed by atoms with Crippen LogP contribution in [-0.4, -0.2) is 53.3 Å². The molecule has 3 fully saturated rings. The van der Waals surface area contributed by atoms with Gasteiger partial charge in [0.05, 0.1) is 5.92 Å². The van der Waals surface area contributed by atoms with Gasteiger partial charge in [0.2, 0.25) is 6.79 Å². The zero-order valence-electron chi connectivity index (χ0n) is 18.2. The molecule has 0 aromatic heterocycles. The fourth-order valence-corrected chi connectivity index (χ4v) is 4.84. The number of hydrogen-bond donors (Lipinski definition) is 2.